The molecule has 2 heterocycles. The Bertz CT molecular complexity index is 631. The number of aromatic nitrogens is 1. The van der Waals surface area contributed by atoms with Crippen molar-refractivity contribution in [2.75, 3.05) is 26.2 Å². The number of aryl methyl sites for hydroxylation is 2. The Kier molecular flexibility index (Phi) is 4.48. The van der Waals surface area contributed by atoms with E-state index in [1.807, 2.05) is 0 Å². The summed E-state index contributed by atoms with van der Waals surface area (Å²) in [5, 5.41) is 3.70. The van der Waals surface area contributed by atoms with Crippen molar-refractivity contribution in [1.29, 1.82) is 0 Å². The first kappa shape index (κ1) is 15.7. The Labute approximate surface area is 124 Å². The number of nitrogens with zero attached hydrogens (tertiary/aromatic N) is 3. The lowest BCUT2D eigenvalue weighted by Crippen LogP contribution is -2.37. The zero-order chi connectivity index (χ0) is 15.6. The first-order valence-electron chi connectivity index (χ1n) is 6.72. The van der Waals surface area contributed by atoms with E-state index in [1.165, 1.54) is 10.4 Å². The number of carbonyl (C=O) groups excluding carboxylic acids is 1. The molecule has 1 aromatic rings. The Morgan fingerprint density at radius 1 is 1.29 bits per heavy atom. The van der Waals surface area contributed by atoms with Crippen LogP contribution in [0.25, 0.3) is 0 Å². The lowest BCUT2D eigenvalue weighted by molar-refractivity contribution is -0.125. The van der Waals surface area contributed by atoms with Gasteiger partial charge in [-0.2, -0.15) is 4.31 Å². The molecule has 1 aromatic heterocycles. The molecule has 0 saturated carbocycles. The van der Waals surface area contributed by atoms with Gasteiger partial charge in [0.15, 0.2) is 5.76 Å². The fourth-order valence-electron chi connectivity index (χ4n) is 2.46. The van der Waals surface area contributed by atoms with Gasteiger partial charge in [-0.3, -0.25) is 4.79 Å². The second-order valence-corrected chi connectivity index (χ2v) is 6.82. The lowest BCUT2D eigenvalue weighted by atomic mass is 10.4. The van der Waals surface area contributed by atoms with Crippen molar-refractivity contribution in [3.8, 4) is 0 Å². The van der Waals surface area contributed by atoms with E-state index in [0.29, 0.717) is 31.7 Å². The molecule has 0 aromatic carbocycles. The van der Waals surface area contributed by atoms with Gasteiger partial charge in [-0.05, 0) is 26.3 Å². The number of rotatable bonds is 3. The summed E-state index contributed by atoms with van der Waals surface area (Å²) in [6.07, 6.45) is 1.83. The van der Waals surface area contributed by atoms with Gasteiger partial charge in [0.05, 0.1) is 0 Å². The molecule has 116 valence electrons. The average Bonchev–Trinajstić information content (AvgIpc) is 2.68. The molecule has 0 bridgehead atoms. The standard InChI is InChI=1S/C13H19N3O4S/c1-4-12(17)15-6-5-7-16(9-8-15)21(18,19)13-10(2)14-20-11(13)3/h4H,1,5-9H2,2-3H3. The quantitative estimate of drug-likeness (QED) is 0.767. The largest absolute Gasteiger partial charge is 0.360 e. The third-order valence-electron chi connectivity index (χ3n) is 3.51. The van der Waals surface area contributed by atoms with Gasteiger partial charge in [-0.25, -0.2) is 8.42 Å². The smallest absolute Gasteiger partial charge is 0.248 e. The van der Waals surface area contributed by atoms with E-state index in [1.54, 1.807) is 18.7 Å². The van der Waals surface area contributed by atoms with Crippen LogP contribution in [-0.4, -0.2) is 54.9 Å². The summed E-state index contributed by atoms with van der Waals surface area (Å²) in [6.45, 7) is 8.15. The van der Waals surface area contributed by atoms with Gasteiger partial charge >= 0.3 is 0 Å². The summed E-state index contributed by atoms with van der Waals surface area (Å²) in [5.41, 5.74) is 0.357. The molecule has 0 spiro atoms. The van der Waals surface area contributed by atoms with Crippen molar-refractivity contribution in [1.82, 2.24) is 14.4 Å². The van der Waals surface area contributed by atoms with Crippen LogP contribution in [0.1, 0.15) is 17.9 Å². The number of sulfonamides is 1. The molecule has 1 aliphatic heterocycles. The highest BCUT2D eigenvalue weighted by atomic mass is 32.2. The van der Waals surface area contributed by atoms with Gasteiger partial charge in [0.25, 0.3) is 0 Å². The van der Waals surface area contributed by atoms with Crippen molar-refractivity contribution < 1.29 is 17.7 Å². The Balaban J connectivity index is 2.22. The van der Waals surface area contributed by atoms with E-state index in [4.69, 9.17) is 4.52 Å². The van der Waals surface area contributed by atoms with E-state index >= 15 is 0 Å². The summed E-state index contributed by atoms with van der Waals surface area (Å²) in [6, 6.07) is 0. The molecular weight excluding hydrogens is 294 g/mol. The maximum Gasteiger partial charge on any atom is 0.248 e. The van der Waals surface area contributed by atoms with Crippen LogP contribution in [0.5, 0.6) is 0 Å². The van der Waals surface area contributed by atoms with Crippen LogP contribution < -0.4 is 0 Å². The summed E-state index contributed by atoms with van der Waals surface area (Å²) < 4.78 is 31.7. The highest BCUT2D eigenvalue weighted by Gasteiger charge is 2.32. The average molecular weight is 313 g/mol. The third-order valence-corrected chi connectivity index (χ3v) is 5.65. The summed E-state index contributed by atoms with van der Waals surface area (Å²) in [5.74, 6) is 0.113. The van der Waals surface area contributed by atoms with Crippen molar-refractivity contribution in [3.05, 3.63) is 24.1 Å². The molecular formula is C13H19N3O4S. The summed E-state index contributed by atoms with van der Waals surface area (Å²) in [4.78, 5) is 13.4. The minimum atomic E-state index is -3.65. The molecule has 0 unspecified atom stereocenters. The topological polar surface area (TPSA) is 83.7 Å². The van der Waals surface area contributed by atoms with Crippen LogP contribution in [0.2, 0.25) is 0 Å². The van der Waals surface area contributed by atoms with E-state index in [2.05, 4.69) is 11.7 Å². The molecule has 1 amide bonds. The first-order chi connectivity index (χ1) is 9.87. The van der Waals surface area contributed by atoms with E-state index < -0.39 is 10.0 Å². The zero-order valence-electron chi connectivity index (χ0n) is 12.2. The Morgan fingerprint density at radius 3 is 2.57 bits per heavy atom. The molecule has 0 radical (unpaired) electrons. The first-order valence-corrected chi connectivity index (χ1v) is 8.16. The van der Waals surface area contributed by atoms with Crippen LogP contribution in [0.4, 0.5) is 0 Å². The number of carbonyl (C=O) groups is 1. The molecule has 7 nitrogen and oxygen atoms in total. The summed E-state index contributed by atoms with van der Waals surface area (Å²) in [7, 11) is -3.65. The highest BCUT2D eigenvalue weighted by Crippen LogP contribution is 2.24. The Morgan fingerprint density at radius 2 is 2.00 bits per heavy atom. The number of hydrogen-bond acceptors (Lipinski definition) is 5. The van der Waals surface area contributed by atoms with Crippen LogP contribution >= 0.6 is 0 Å². The van der Waals surface area contributed by atoms with E-state index in [0.717, 1.165) is 0 Å². The Hall–Kier alpha value is -1.67. The van der Waals surface area contributed by atoms with Crippen LogP contribution in [0, 0.1) is 13.8 Å². The van der Waals surface area contributed by atoms with Gasteiger partial charge in [0.2, 0.25) is 15.9 Å². The normalized spacial score (nSPS) is 17.5. The molecule has 2 rings (SSSR count). The van der Waals surface area contributed by atoms with E-state index in [9.17, 15) is 13.2 Å². The van der Waals surface area contributed by atoms with Gasteiger partial charge in [-0.15, -0.1) is 0 Å². The minimum Gasteiger partial charge on any atom is -0.360 e. The second-order valence-electron chi connectivity index (χ2n) is 4.94. The molecule has 1 fully saturated rings. The summed E-state index contributed by atoms with van der Waals surface area (Å²) >= 11 is 0. The van der Waals surface area contributed by atoms with Crippen LogP contribution in [0.15, 0.2) is 22.1 Å². The van der Waals surface area contributed by atoms with Crippen molar-refractivity contribution >= 4 is 15.9 Å². The molecule has 0 aliphatic carbocycles. The lowest BCUT2D eigenvalue weighted by Gasteiger charge is -2.20. The number of amides is 1. The molecule has 0 atom stereocenters. The van der Waals surface area contributed by atoms with Gasteiger partial charge in [-0.1, -0.05) is 11.7 Å². The SMILES string of the molecule is C=CC(=O)N1CCCN(S(=O)(=O)c2c(C)noc2C)CC1. The van der Waals surface area contributed by atoms with Crippen molar-refractivity contribution in [2.24, 2.45) is 0 Å². The predicted octanol–water partition coefficient (Wildman–Crippen LogP) is 0.700. The van der Waals surface area contributed by atoms with Gasteiger partial charge < -0.3 is 9.42 Å². The predicted molar refractivity (Wildman–Crippen MR) is 76.1 cm³/mol. The number of hydrogen-bond donors (Lipinski definition) is 0. The maximum atomic E-state index is 12.7. The second kappa shape index (κ2) is 5.98. The van der Waals surface area contributed by atoms with Crippen LogP contribution in [0.3, 0.4) is 0 Å². The maximum absolute atomic E-state index is 12.7. The van der Waals surface area contributed by atoms with Crippen LogP contribution in [-0.2, 0) is 14.8 Å². The molecule has 21 heavy (non-hydrogen) atoms. The van der Waals surface area contributed by atoms with Crippen molar-refractivity contribution in [2.45, 2.75) is 25.2 Å². The molecule has 0 N–H and O–H groups in total. The fourth-order valence-corrected chi connectivity index (χ4v) is 4.22. The third kappa shape index (κ3) is 3.01. The molecule has 1 saturated heterocycles. The van der Waals surface area contributed by atoms with Crippen molar-refractivity contribution in [3.63, 3.8) is 0 Å². The van der Waals surface area contributed by atoms with Gasteiger partial charge in [0, 0.05) is 26.2 Å². The zero-order valence-corrected chi connectivity index (χ0v) is 13.0. The molecule has 8 heteroatoms. The highest BCUT2D eigenvalue weighted by molar-refractivity contribution is 7.89. The minimum absolute atomic E-state index is 0.131. The fraction of sp³-hybridized carbons (Fsp3) is 0.538. The monoisotopic (exact) mass is 313 g/mol. The molecule has 1 aliphatic rings. The van der Waals surface area contributed by atoms with Gasteiger partial charge in [0.1, 0.15) is 10.6 Å². The van der Waals surface area contributed by atoms with E-state index in [-0.39, 0.29) is 23.1 Å².